The fraction of sp³-hybridized carbons (Fsp3) is 0.0769. The highest BCUT2D eigenvalue weighted by Gasteiger charge is 2.37. The maximum atomic E-state index is 13.8. The van der Waals surface area contributed by atoms with Gasteiger partial charge >= 0.3 is 0 Å². The zero-order valence-electron chi connectivity index (χ0n) is 17.2. The molecule has 0 amide bonds. The normalized spacial score (nSPS) is 15.5. The molecule has 1 aliphatic heterocycles. The molecule has 1 aliphatic rings. The molecule has 0 radical (unpaired) electrons. The summed E-state index contributed by atoms with van der Waals surface area (Å²) >= 11 is 7.69. The Hall–Kier alpha value is -3.59. The monoisotopic (exact) mass is 455 g/mol. The van der Waals surface area contributed by atoms with E-state index in [9.17, 15) is 10.1 Å². The second kappa shape index (κ2) is 7.83. The third kappa shape index (κ3) is 3.16. The molecule has 1 atom stereocenters. The molecule has 2 heterocycles. The lowest BCUT2D eigenvalue weighted by atomic mass is 9.82. The van der Waals surface area contributed by atoms with Crippen LogP contribution in [-0.4, -0.2) is 0 Å². The van der Waals surface area contributed by atoms with Gasteiger partial charge < -0.3 is 5.73 Å². The van der Waals surface area contributed by atoms with Crippen LogP contribution in [0.3, 0.4) is 0 Å². The molecule has 1 unspecified atom stereocenters. The second-order valence-electron chi connectivity index (χ2n) is 7.72. The summed E-state index contributed by atoms with van der Waals surface area (Å²) in [5.41, 5.74) is 10.2. The molecule has 0 spiro atoms. The van der Waals surface area contributed by atoms with Crippen molar-refractivity contribution >= 4 is 43.7 Å². The summed E-state index contributed by atoms with van der Waals surface area (Å²) in [6.07, 6.45) is 0. The predicted octanol–water partition coefficient (Wildman–Crippen LogP) is 6.20. The Labute approximate surface area is 194 Å². The predicted molar refractivity (Wildman–Crippen MR) is 132 cm³/mol. The number of halogens is 1. The van der Waals surface area contributed by atoms with E-state index in [1.165, 1.54) is 11.3 Å². The van der Waals surface area contributed by atoms with Crippen LogP contribution in [-0.2, 0) is 0 Å². The van der Waals surface area contributed by atoms with Crippen molar-refractivity contribution in [2.24, 2.45) is 5.73 Å². The standard InChI is InChI=1S/C26H18ClN3OS/c1-15-7-9-16(10-8-15)22-20(14-28)25(29)30(18-5-3-2-4-6-18)26-23(22)24(31)19-12-11-17(27)13-21(19)32-26/h2-13,22H,29H2,1H3. The van der Waals surface area contributed by atoms with Gasteiger partial charge in [0.25, 0.3) is 0 Å². The van der Waals surface area contributed by atoms with Crippen molar-refractivity contribution in [1.82, 2.24) is 0 Å². The minimum atomic E-state index is -0.542. The van der Waals surface area contributed by atoms with E-state index in [0.717, 1.165) is 21.5 Å². The molecule has 0 saturated heterocycles. The van der Waals surface area contributed by atoms with E-state index in [2.05, 4.69) is 6.07 Å². The maximum Gasteiger partial charge on any atom is 0.194 e. The number of nitrogens with two attached hydrogens (primary N) is 1. The lowest BCUT2D eigenvalue weighted by Gasteiger charge is -2.35. The van der Waals surface area contributed by atoms with E-state index >= 15 is 0 Å². The molecular weight excluding hydrogens is 438 g/mol. The zero-order chi connectivity index (χ0) is 22.4. The van der Waals surface area contributed by atoms with Crippen molar-refractivity contribution in [2.45, 2.75) is 12.8 Å². The number of benzene rings is 3. The first-order chi connectivity index (χ1) is 15.5. The number of para-hydroxylation sites is 1. The van der Waals surface area contributed by atoms with Gasteiger partial charge in [0.2, 0.25) is 0 Å². The third-order valence-corrected chi connectivity index (χ3v) is 7.10. The van der Waals surface area contributed by atoms with Gasteiger partial charge in [0.05, 0.1) is 17.6 Å². The number of nitriles is 1. The first-order valence-electron chi connectivity index (χ1n) is 10.1. The van der Waals surface area contributed by atoms with Crippen LogP contribution in [0.15, 0.2) is 89.0 Å². The number of rotatable bonds is 2. The maximum absolute atomic E-state index is 13.8. The van der Waals surface area contributed by atoms with Gasteiger partial charge in [-0.25, -0.2) is 0 Å². The number of hydrogen-bond acceptors (Lipinski definition) is 5. The van der Waals surface area contributed by atoms with Gasteiger partial charge in [-0.1, -0.05) is 59.6 Å². The van der Waals surface area contributed by atoms with Crippen LogP contribution >= 0.6 is 22.9 Å². The van der Waals surface area contributed by atoms with E-state index in [1.54, 1.807) is 18.2 Å². The molecule has 2 N–H and O–H groups in total. The van der Waals surface area contributed by atoms with E-state index < -0.39 is 5.92 Å². The fourth-order valence-electron chi connectivity index (χ4n) is 4.16. The minimum Gasteiger partial charge on any atom is -0.384 e. The molecule has 3 aromatic carbocycles. The summed E-state index contributed by atoms with van der Waals surface area (Å²) in [4.78, 5) is 15.7. The van der Waals surface area contributed by atoms with Crippen molar-refractivity contribution in [3.8, 4) is 6.07 Å². The number of allylic oxidation sites excluding steroid dienone is 1. The number of anilines is 2. The van der Waals surface area contributed by atoms with E-state index in [0.29, 0.717) is 32.4 Å². The largest absolute Gasteiger partial charge is 0.384 e. The summed E-state index contributed by atoms with van der Waals surface area (Å²) in [5.74, 6) is -0.215. The molecule has 32 heavy (non-hydrogen) atoms. The van der Waals surface area contributed by atoms with Crippen LogP contribution in [0.4, 0.5) is 10.7 Å². The lowest BCUT2D eigenvalue weighted by Crippen LogP contribution is -2.34. The molecular formula is C26H18ClN3OS. The van der Waals surface area contributed by atoms with Crippen molar-refractivity contribution in [3.63, 3.8) is 0 Å². The van der Waals surface area contributed by atoms with Gasteiger partial charge in [-0.3, -0.25) is 9.69 Å². The number of hydrogen-bond donors (Lipinski definition) is 1. The minimum absolute atomic E-state index is 0.114. The molecule has 6 heteroatoms. The molecule has 4 aromatic rings. The topological polar surface area (TPSA) is 70.1 Å². The van der Waals surface area contributed by atoms with Crippen LogP contribution in [0.5, 0.6) is 0 Å². The van der Waals surface area contributed by atoms with Crippen LogP contribution < -0.4 is 16.1 Å². The summed E-state index contributed by atoms with van der Waals surface area (Å²) in [6.45, 7) is 2.00. The Morgan fingerprint density at radius 2 is 1.78 bits per heavy atom. The van der Waals surface area contributed by atoms with Crippen molar-refractivity contribution < 1.29 is 0 Å². The summed E-state index contributed by atoms with van der Waals surface area (Å²) in [5, 5.41) is 12.0. The first kappa shape index (κ1) is 20.3. The van der Waals surface area contributed by atoms with Crippen LogP contribution in [0.2, 0.25) is 5.02 Å². The Bertz CT molecular complexity index is 1480. The number of fused-ring (bicyclic) bond motifs is 2. The quantitative estimate of drug-likeness (QED) is 0.390. The van der Waals surface area contributed by atoms with Gasteiger partial charge in [-0.2, -0.15) is 5.26 Å². The van der Waals surface area contributed by atoms with Gasteiger partial charge in [-0.05, 0) is 42.8 Å². The molecule has 0 bridgehead atoms. The molecule has 1 aromatic heterocycles. The molecule has 0 fully saturated rings. The SMILES string of the molecule is Cc1ccc(C2C(C#N)=C(N)N(c3ccccc3)c3sc4cc(Cl)ccc4c(=O)c32)cc1. The average molecular weight is 456 g/mol. The van der Waals surface area contributed by atoms with Crippen molar-refractivity contribution in [3.05, 3.63) is 116 Å². The molecule has 0 saturated carbocycles. The molecule has 156 valence electrons. The van der Waals surface area contributed by atoms with Gasteiger partial charge in [0.1, 0.15) is 10.8 Å². The highest BCUT2D eigenvalue weighted by molar-refractivity contribution is 7.22. The van der Waals surface area contributed by atoms with Crippen molar-refractivity contribution in [2.75, 3.05) is 4.90 Å². The summed E-state index contributed by atoms with van der Waals surface area (Å²) in [7, 11) is 0. The highest BCUT2D eigenvalue weighted by atomic mass is 35.5. The van der Waals surface area contributed by atoms with Crippen molar-refractivity contribution in [1.29, 1.82) is 5.26 Å². The van der Waals surface area contributed by atoms with E-state index in [4.69, 9.17) is 17.3 Å². The van der Waals surface area contributed by atoms with Crippen LogP contribution in [0.25, 0.3) is 10.1 Å². The Morgan fingerprint density at radius 3 is 2.47 bits per heavy atom. The summed E-state index contributed by atoms with van der Waals surface area (Å²) < 4.78 is 0.776. The van der Waals surface area contributed by atoms with Gasteiger partial charge in [0.15, 0.2) is 5.43 Å². The van der Waals surface area contributed by atoms with Gasteiger partial charge in [-0.15, -0.1) is 11.3 Å². The molecule has 4 nitrogen and oxygen atoms in total. The Morgan fingerprint density at radius 1 is 1.06 bits per heavy atom. The lowest BCUT2D eigenvalue weighted by molar-refractivity contribution is 0.894. The highest BCUT2D eigenvalue weighted by Crippen LogP contribution is 2.48. The second-order valence-corrected chi connectivity index (χ2v) is 9.18. The number of nitrogens with zero attached hydrogens (tertiary/aromatic N) is 2. The van der Waals surface area contributed by atoms with Crippen LogP contribution in [0, 0.1) is 18.3 Å². The van der Waals surface area contributed by atoms with Gasteiger partial charge in [0, 0.05) is 26.4 Å². The molecule has 0 aliphatic carbocycles. The van der Waals surface area contributed by atoms with E-state index in [1.807, 2.05) is 66.4 Å². The summed E-state index contributed by atoms with van der Waals surface area (Å²) in [6, 6.07) is 25.0. The van der Waals surface area contributed by atoms with E-state index in [-0.39, 0.29) is 5.43 Å². The number of aryl methyl sites for hydroxylation is 1. The van der Waals surface area contributed by atoms with Crippen LogP contribution in [0.1, 0.15) is 22.6 Å². The molecule has 5 rings (SSSR count). The average Bonchev–Trinajstić information content (AvgIpc) is 2.79. The first-order valence-corrected chi connectivity index (χ1v) is 11.3. The smallest absolute Gasteiger partial charge is 0.194 e. The Kier molecular flexibility index (Phi) is 4.97. The third-order valence-electron chi connectivity index (χ3n) is 5.71. The zero-order valence-corrected chi connectivity index (χ0v) is 18.7. The Balaban J connectivity index is 1.91. The fourth-order valence-corrected chi connectivity index (χ4v) is 5.68.